The van der Waals surface area contributed by atoms with E-state index in [9.17, 15) is 31.6 Å². The first-order valence-corrected chi connectivity index (χ1v) is 8.17. The van der Waals surface area contributed by atoms with Gasteiger partial charge in [0.2, 0.25) is 0 Å². The van der Waals surface area contributed by atoms with Gasteiger partial charge >= 0.3 is 0 Å². The number of hydrogen-bond acceptors (Lipinski definition) is 3. The number of benzene rings is 1. The lowest BCUT2D eigenvalue weighted by Gasteiger charge is -2.37. The topological polar surface area (TPSA) is 39.4 Å². The molecule has 150 valence electrons. The number of aliphatic imine (C=N–C) groups is 1. The Hall–Kier alpha value is -2.76. The van der Waals surface area contributed by atoms with E-state index in [1.54, 1.807) is 6.07 Å². The minimum absolute atomic E-state index is 0.0164. The molecule has 1 aliphatic rings. The summed E-state index contributed by atoms with van der Waals surface area (Å²) < 4.78 is 84.1. The molecule has 0 spiro atoms. The molecule has 1 aromatic carbocycles. The number of fused-ring (bicyclic) bond motifs is 1. The molecule has 0 saturated carbocycles. The molecule has 0 bridgehead atoms. The van der Waals surface area contributed by atoms with Crippen molar-refractivity contribution in [2.45, 2.75) is 39.0 Å². The number of alkyl halides is 4. The Morgan fingerprint density at radius 2 is 1.93 bits per heavy atom. The third-order valence-corrected chi connectivity index (χ3v) is 4.57. The summed E-state index contributed by atoms with van der Waals surface area (Å²) in [5.41, 5.74) is -2.81. The van der Waals surface area contributed by atoms with Crippen LogP contribution in [-0.2, 0) is 5.92 Å². The fraction of sp³-hybridized carbons (Fsp3) is 0.368. The Bertz CT molecular complexity index is 919. The summed E-state index contributed by atoms with van der Waals surface area (Å²) in [6, 6.07) is 3.06. The van der Waals surface area contributed by atoms with Gasteiger partial charge in [-0.1, -0.05) is 0 Å². The molecule has 0 aliphatic carbocycles. The van der Waals surface area contributed by atoms with E-state index in [0.717, 1.165) is 6.07 Å². The highest BCUT2D eigenvalue weighted by molar-refractivity contribution is 5.70. The summed E-state index contributed by atoms with van der Waals surface area (Å²) in [5.74, 6) is -9.36. The fourth-order valence-corrected chi connectivity index (χ4v) is 3.03. The van der Waals surface area contributed by atoms with Gasteiger partial charge in [0.1, 0.15) is 17.6 Å². The van der Waals surface area contributed by atoms with Crippen molar-refractivity contribution in [1.82, 2.24) is 0 Å². The highest BCUT2D eigenvalue weighted by atomic mass is 19.3. The van der Waals surface area contributed by atoms with E-state index in [1.807, 2.05) is 0 Å². The molecular formula is C19H17F6N3. The normalized spacial score (nSPS) is 17.9. The Kier molecular flexibility index (Phi) is 5.64. The van der Waals surface area contributed by atoms with Crippen molar-refractivity contribution in [3.8, 4) is 6.07 Å². The zero-order valence-electron chi connectivity index (χ0n) is 15.4. The lowest BCUT2D eigenvalue weighted by molar-refractivity contribution is -0.0148. The number of rotatable bonds is 4. The molecule has 0 aromatic heterocycles. The molecule has 3 nitrogen and oxygen atoms in total. The second kappa shape index (κ2) is 7.34. The van der Waals surface area contributed by atoms with Gasteiger partial charge in [0, 0.05) is 36.7 Å². The average molecular weight is 401 g/mol. The Morgan fingerprint density at radius 3 is 2.43 bits per heavy atom. The van der Waals surface area contributed by atoms with Gasteiger partial charge in [0.15, 0.2) is 5.83 Å². The van der Waals surface area contributed by atoms with E-state index in [-0.39, 0.29) is 29.1 Å². The Balaban J connectivity index is 2.74. The molecule has 0 N–H and O–H groups in total. The predicted molar refractivity (Wildman–Crippen MR) is 93.7 cm³/mol. The van der Waals surface area contributed by atoms with Crippen molar-refractivity contribution in [3.05, 3.63) is 51.9 Å². The number of nitriles is 1. The molecule has 2 rings (SSSR count). The largest absolute Gasteiger partial charge is 0.343 e. The maximum absolute atomic E-state index is 14.6. The molecule has 28 heavy (non-hydrogen) atoms. The summed E-state index contributed by atoms with van der Waals surface area (Å²) in [4.78, 5) is 4.25. The summed E-state index contributed by atoms with van der Waals surface area (Å²) >= 11 is 0. The molecule has 0 amide bonds. The summed E-state index contributed by atoms with van der Waals surface area (Å²) in [5, 5.41) is 9.26. The van der Waals surface area contributed by atoms with Crippen LogP contribution in [0.3, 0.4) is 0 Å². The monoisotopic (exact) mass is 401 g/mol. The highest BCUT2D eigenvalue weighted by Crippen LogP contribution is 2.46. The second-order valence-corrected chi connectivity index (χ2v) is 6.49. The van der Waals surface area contributed by atoms with Crippen molar-refractivity contribution in [2.75, 3.05) is 11.4 Å². The van der Waals surface area contributed by atoms with Gasteiger partial charge < -0.3 is 4.90 Å². The van der Waals surface area contributed by atoms with Crippen molar-refractivity contribution < 1.29 is 26.3 Å². The summed E-state index contributed by atoms with van der Waals surface area (Å²) in [7, 11) is 0. The lowest BCUT2D eigenvalue weighted by Crippen LogP contribution is -2.36. The van der Waals surface area contributed by atoms with Crippen LogP contribution in [0.2, 0.25) is 0 Å². The SMILES string of the molecule is C=N/C(=C(F)\C(C)=C(/C)N1CCC(F)(F)c2cc(F)cc(C#N)c21)C(C)(F)F. The van der Waals surface area contributed by atoms with Crippen LogP contribution in [0.25, 0.3) is 0 Å². The number of nitrogens with zero attached hydrogens (tertiary/aromatic N) is 3. The highest BCUT2D eigenvalue weighted by Gasteiger charge is 2.42. The van der Waals surface area contributed by atoms with E-state index in [2.05, 4.69) is 11.7 Å². The average Bonchev–Trinajstić information content (AvgIpc) is 2.59. The standard InChI is InChI=1S/C19H17F6N3/c1-10(15(21)17(27-4)18(3,22)23)11(2)28-6-5-19(24,25)14-8-13(20)7-12(9-26)16(14)28/h7-8H,4-6H2,1-3H3/b11-10+,17-15+. The van der Waals surface area contributed by atoms with E-state index >= 15 is 0 Å². The van der Waals surface area contributed by atoms with Crippen molar-refractivity contribution in [3.63, 3.8) is 0 Å². The van der Waals surface area contributed by atoms with Crippen LogP contribution in [0.15, 0.2) is 39.9 Å². The van der Waals surface area contributed by atoms with Crippen molar-refractivity contribution in [2.24, 2.45) is 4.99 Å². The quantitative estimate of drug-likeness (QED) is 0.362. The maximum Gasteiger partial charge on any atom is 0.289 e. The maximum atomic E-state index is 14.6. The first-order valence-electron chi connectivity index (χ1n) is 8.17. The number of allylic oxidation sites excluding steroid dienone is 4. The van der Waals surface area contributed by atoms with Gasteiger partial charge in [-0.15, -0.1) is 0 Å². The van der Waals surface area contributed by atoms with Crippen LogP contribution < -0.4 is 4.90 Å². The van der Waals surface area contributed by atoms with Crippen LogP contribution in [0, 0.1) is 17.1 Å². The Labute approximate surface area is 158 Å². The molecule has 9 heteroatoms. The third-order valence-electron chi connectivity index (χ3n) is 4.57. The number of halogens is 6. The minimum Gasteiger partial charge on any atom is -0.343 e. The molecule has 1 aliphatic heterocycles. The fourth-order valence-electron chi connectivity index (χ4n) is 3.03. The molecule has 0 fully saturated rings. The zero-order chi connectivity index (χ0) is 21.4. The number of hydrogen-bond donors (Lipinski definition) is 0. The number of anilines is 1. The summed E-state index contributed by atoms with van der Waals surface area (Å²) in [6.45, 7) is 5.59. The van der Waals surface area contributed by atoms with E-state index in [4.69, 9.17) is 0 Å². The van der Waals surface area contributed by atoms with Gasteiger partial charge in [-0.2, -0.15) is 14.0 Å². The van der Waals surface area contributed by atoms with Crippen molar-refractivity contribution >= 4 is 12.4 Å². The van der Waals surface area contributed by atoms with Crippen LogP contribution in [0.5, 0.6) is 0 Å². The molecule has 1 heterocycles. The van der Waals surface area contributed by atoms with E-state index in [0.29, 0.717) is 13.0 Å². The van der Waals surface area contributed by atoms with Gasteiger partial charge in [-0.3, -0.25) is 4.99 Å². The zero-order valence-corrected chi connectivity index (χ0v) is 15.4. The van der Waals surface area contributed by atoms with Gasteiger partial charge in [-0.25, -0.2) is 17.6 Å². The molecule has 1 aromatic rings. The van der Waals surface area contributed by atoms with Crippen LogP contribution in [0.4, 0.5) is 32.0 Å². The second-order valence-electron chi connectivity index (χ2n) is 6.49. The first kappa shape index (κ1) is 21.5. The molecule has 0 unspecified atom stereocenters. The van der Waals surface area contributed by atoms with E-state index in [1.165, 1.54) is 18.7 Å². The van der Waals surface area contributed by atoms with Gasteiger partial charge in [-0.05, 0) is 32.7 Å². The molecule has 0 atom stereocenters. The van der Waals surface area contributed by atoms with Crippen LogP contribution in [0.1, 0.15) is 38.3 Å². The van der Waals surface area contributed by atoms with Gasteiger partial charge in [0.05, 0.1) is 11.3 Å². The van der Waals surface area contributed by atoms with Gasteiger partial charge in [0.25, 0.3) is 11.8 Å². The molecule has 0 saturated heterocycles. The van der Waals surface area contributed by atoms with Crippen molar-refractivity contribution in [1.29, 1.82) is 5.26 Å². The lowest BCUT2D eigenvalue weighted by atomic mass is 9.93. The predicted octanol–water partition coefficient (Wildman–Crippen LogP) is 5.83. The van der Waals surface area contributed by atoms with Crippen LogP contribution in [-0.4, -0.2) is 19.2 Å². The first-order chi connectivity index (χ1) is 12.8. The van der Waals surface area contributed by atoms with Crippen LogP contribution >= 0.6 is 0 Å². The minimum atomic E-state index is -3.61. The molecule has 0 radical (unpaired) electrons. The third kappa shape index (κ3) is 3.77. The summed E-state index contributed by atoms with van der Waals surface area (Å²) in [6.07, 6.45) is -0.721. The Morgan fingerprint density at radius 1 is 1.32 bits per heavy atom. The smallest absolute Gasteiger partial charge is 0.289 e. The molecular weight excluding hydrogens is 384 g/mol. The van der Waals surface area contributed by atoms with E-state index < -0.39 is 41.2 Å².